The van der Waals surface area contributed by atoms with Crippen LogP contribution in [0.4, 0.5) is 13.2 Å². The van der Waals surface area contributed by atoms with E-state index in [-0.39, 0.29) is 23.7 Å². The first-order valence-electron chi connectivity index (χ1n) is 11.8. The summed E-state index contributed by atoms with van der Waals surface area (Å²) in [5, 5.41) is 0. The van der Waals surface area contributed by atoms with Crippen LogP contribution in [0.2, 0.25) is 0 Å². The quantitative estimate of drug-likeness (QED) is 0.312. The normalized spacial score (nSPS) is 17.9. The molecule has 0 unspecified atom stereocenters. The lowest BCUT2D eigenvalue weighted by atomic mass is 9.82. The molecule has 0 aliphatic heterocycles. The van der Waals surface area contributed by atoms with E-state index in [9.17, 15) is 13.2 Å². The van der Waals surface area contributed by atoms with Gasteiger partial charge < -0.3 is 9.47 Å². The van der Waals surface area contributed by atoms with Gasteiger partial charge in [0.15, 0.2) is 23.1 Å². The van der Waals surface area contributed by atoms with Crippen molar-refractivity contribution in [3.05, 3.63) is 84.7 Å². The van der Waals surface area contributed by atoms with Crippen LogP contribution < -0.4 is 9.47 Å². The second kappa shape index (κ2) is 10.8. The molecule has 0 aromatic heterocycles. The molecular formula is C29H29F3O2. The van der Waals surface area contributed by atoms with Crippen LogP contribution in [0.5, 0.6) is 11.5 Å². The highest BCUT2D eigenvalue weighted by Crippen LogP contribution is 2.33. The number of ether oxygens (including phenoxy) is 2. The van der Waals surface area contributed by atoms with Crippen LogP contribution in [0.3, 0.4) is 0 Å². The molecule has 178 valence electrons. The van der Waals surface area contributed by atoms with Crippen molar-refractivity contribution in [1.29, 1.82) is 0 Å². The van der Waals surface area contributed by atoms with Gasteiger partial charge in [-0.3, -0.25) is 0 Å². The summed E-state index contributed by atoms with van der Waals surface area (Å²) >= 11 is 0. The van der Waals surface area contributed by atoms with Gasteiger partial charge in [-0.15, -0.1) is 6.58 Å². The van der Waals surface area contributed by atoms with E-state index >= 15 is 0 Å². The Labute approximate surface area is 199 Å². The molecule has 1 saturated carbocycles. The van der Waals surface area contributed by atoms with Crippen molar-refractivity contribution in [2.45, 2.75) is 32.6 Å². The minimum absolute atomic E-state index is 0.109. The van der Waals surface area contributed by atoms with Crippen molar-refractivity contribution >= 4 is 0 Å². The van der Waals surface area contributed by atoms with Gasteiger partial charge >= 0.3 is 0 Å². The molecular weight excluding hydrogens is 437 g/mol. The minimum atomic E-state index is -1.00. The summed E-state index contributed by atoms with van der Waals surface area (Å²) in [7, 11) is 0. The van der Waals surface area contributed by atoms with Gasteiger partial charge in [0, 0.05) is 5.56 Å². The predicted octanol–water partition coefficient (Wildman–Crippen LogP) is 8.21. The fourth-order valence-electron chi connectivity index (χ4n) is 4.46. The first kappa shape index (κ1) is 23.9. The number of hydrogen-bond acceptors (Lipinski definition) is 2. The Hall–Kier alpha value is -3.21. The average molecular weight is 467 g/mol. The third-order valence-corrected chi connectivity index (χ3v) is 6.51. The Balaban J connectivity index is 1.43. The van der Waals surface area contributed by atoms with E-state index in [1.807, 2.05) is 6.08 Å². The fourth-order valence-corrected chi connectivity index (χ4v) is 4.46. The average Bonchev–Trinajstić information content (AvgIpc) is 2.87. The Morgan fingerprint density at radius 3 is 2.09 bits per heavy atom. The third kappa shape index (κ3) is 5.30. The maximum absolute atomic E-state index is 14.7. The summed E-state index contributed by atoms with van der Waals surface area (Å²) in [4.78, 5) is 0. The molecule has 3 aromatic rings. The number of hydrogen-bond donors (Lipinski definition) is 0. The Kier molecular flexibility index (Phi) is 7.61. The van der Waals surface area contributed by atoms with Gasteiger partial charge in [-0.1, -0.05) is 36.4 Å². The Bertz CT molecular complexity index is 1130. The molecule has 2 nitrogen and oxygen atoms in total. The van der Waals surface area contributed by atoms with Crippen LogP contribution in [0.1, 0.15) is 32.6 Å². The summed E-state index contributed by atoms with van der Waals surface area (Å²) in [5.74, 6) is -1.21. The number of benzene rings is 3. The van der Waals surface area contributed by atoms with Gasteiger partial charge in [-0.05, 0) is 85.4 Å². The van der Waals surface area contributed by atoms with Gasteiger partial charge in [-0.25, -0.2) is 8.78 Å². The van der Waals surface area contributed by atoms with E-state index in [4.69, 9.17) is 9.47 Å². The molecule has 3 aromatic carbocycles. The van der Waals surface area contributed by atoms with Crippen LogP contribution in [0, 0.1) is 29.3 Å². The molecule has 0 N–H and O–H groups in total. The van der Waals surface area contributed by atoms with Crippen LogP contribution in [-0.2, 0) is 0 Å². The van der Waals surface area contributed by atoms with Crippen molar-refractivity contribution in [3.8, 4) is 33.8 Å². The summed E-state index contributed by atoms with van der Waals surface area (Å²) in [6.45, 7) is 6.34. The molecule has 0 amide bonds. The molecule has 1 aliphatic carbocycles. The second-order valence-electron chi connectivity index (χ2n) is 8.72. The van der Waals surface area contributed by atoms with Crippen LogP contribution in [0.25, 0.3) is 22.3 Å². The lowest BCUT2D eigenvalue weighted by Gasteiger charge is -2.26. The molecule has 0 saturated heterocycles. The zero-order valence-corrected chi connectivity index (χ0v) is 19.3. The number of halogens is 3. The molecule has 1 fully saturated rings. The van der Waals surface area contributed by atoms with Crippen molar-refractivity contribution in [2.24, 2.45) is 11.8 Å². The molecule has 0 heterocycles. The van der Waals surface area contributed by atoms with E-state index in [0.29, 0.717) is 29.6 Å². The van der Waals surface area contributed by atoms with E-state index < -0.39 is 17.5 Å². The smallest absolute Gasteiger partial charge is 0.201 e. The third-order valence-electron chi connectivity index (χ3n) is 6.51. The lowest BCUT2D eigenvalue weighted by molar-refractivity contribution is 0.189. The molecule has 0 atom stereocenters. The predicted molar refractivity (Wildman–Crippen MR) is 129 cm³/mol. The Morgan fingerprint density at radius 2 is 1.44 bits per heavy atom. The Morgan fingerprint density at radius 1 is 0.794 bits per heavy atom. The minimum Gasteiger partial charge on any atom is -0.491 e. The lowest BCUT2D eigenvalue weighted by Crippen LogP contribution is -2.19. The van der Waals surface area contributed by atoms with Gasteiger partial charge in [0.1, 0.15) is 0 Å². The summed E-state index contributed by atoms with van der Waals surface area (Å²) in [6, 6.07) is 14.7. The number of rotatable bonds is 8. The summed E-state index contributed by atoms with van der Waals surface area (Å²) in [6.07, 6.45) is 6.39. The fraction of sp³-hybridized carbons (Fsp3) is 0.310. The molecule has 0 spiro atoms. The maximum atomic E-state index is 14.7. The van der Waals surface area contributed by atoms with Crippen molar-refractivity contribution in [2.75, 3.05) is 13.2 Å². The van der Waals surface area contributed by atoms with E-state index in [1.165, 1.54) is 18.2 Å². The highest BCUT2D eigenvalue weighted by Gasteiger charge is 2.20. The standard InChI is InChI=1S/C29H29F3O2/c1-3-19-5-7-20(8-6-19)18-34-26-15-13-23(17-25(26)30)21-9-11-22(12-10-21)24-14-16-27(33-4-2)29(32)28(24)31/h3,9-17,19-20H,1,4-8,18H2,2H3. The van der Waals surface area contributed by atoms with Gasteiger partial charge in [0.05, 0.1) is 13.2 Å². The second-order valence-corrected chi connectivity index (χ2v) is 8.72. The van der Waals surface area contributed by atoms with E-state index in [1.54, 1.807) is 43.3 Å². The highest BCUT2D eigenvalue weighted by molar-refractivity contribution is 5.71. The van der Waals surface area contributed by atoms with Gasteiger partial charge in [-0.2, -0.15) is 4.39 Å². The van der Waals surface area contributed by atoms with Crippen molar-refractivity contribution in [3.63, 3.8) is 0 Å². The number of allylic oxidation sites excluding steroid dienone is 1. The molecule has 0 radical (unpaired) electrons. The first-order valence-corrected chi connectivity index (χ1v) is 11.8. The molecule has 4 rings (SSSR count). The van der Waals surface area contributed by atoms with Crippen molar-refractivity contribution in [1.82, 2.24) is 0 Å². The van der Waals surface area contributed by atoms with Gasteiger partial charge in [0.2, 0.25) is 5.82 Å². The summed E-state index contributed by atoms with van der Waals surface area (Å²) < 4.78 is 54.3. The molecule has 0 bridgehead atoms. The van der Waals surface area contributed by atoms with Crippen LogP contribution >= 0.6 is 0 Å². The maximum Gasteiger partial charge on any atom is 0.201 e. The highest BCUT2D eigenvalue weighted by atomic mass is 19.2. The van der Waals surface area contributed by atoms with E-state index in [0.717, 1.165) is 31.2 Å². The monoisotopic (exact) mass is 466 g/mol. The topological polar surface area (TPSA) is 18.5 Å². The zero-order valence-electron chi connectivity index (χ0n) is 19.3. The van der Waals surface area contributed by atoms with Crippen LogP contribution in [-0.4, -0.2) is 13.2 Å². The summed E-state index contributed by atoms with van der Waals surface area (Å²) in [5.41, 5.74) is 2.12. The van der Waals surface area contributed by atoms with Crippen molar-refractivity contribution < 1.29 is 22.6 Å². The van der Waals surface area contributed by atoms with Crippen LogP contribution in [0.15, 0.2) is 67.3 Å². The largest absolute Gasteiger partial charge is 0.491 e. The molecule has 1 aliphatic rings. The molecule has 34 heavy (non-hydrogen) atoms. The van der Waals surface area contributed by atoms with Gasteiger partial charge in [0.25, 0.3) is 0 Å². The first-order chi connectivity index (χ1) is 16.5. The zero-order chi connectivity index (χ0) is 24.1. The SMILES string of the molecule is C=CC1CCC(COc2ccc(-c3ccc(-c4ccc(OCC)c(F)c4F)cc3)cc2F)CC1. The molecule has 5 heteroatoms. The van der Waals surface area contributed by atoms with E-state index in [2.05, 4.69) is 6.58 Å².